The third kappa shape index (κ3) is 4.55. The first kappa shape index (κ1) is 21.7. The molecule has 2 heterocycles. The van der Waals surface area contributed by atoms with Gasteiger partial charge in [-0.2, -0.15) is 5.10 Å². The van der Waals surface area contributed by atoms with Crippen molar-refractivity contribution in [2.45, 2.75) is 31.0 Å². The monoisotopic (exact) mass is 445 g/mol. The molecular weight excluding hydrogens is 422 g/mol. The van der Waals surface area contributed by atoms with Crippen molar-refractivity contribution in [2.24, 2.45) is 5.92 Å². The van der Waals surface area contributed by atoms with Crippen LogP contribution in [-0.2, 0) is 4.79 Å². The molecule has 1 amide bonds. The van der Waals surface area contributed by atoms with Gasteiger partial charge in [-0.1, -0.05) is 43.8 Å². The van der Waals surface area contributed by atoms with Crippen LogP contribution in [0, 0.1) is 5.92 Å². The Morgan fingerprint density at radius 1 is 0.969 bits per heavy atom. The molecule has 7 nitrogen and oxygen atoms in total. The maximum atomic E-state index is 13.0. The van der Waals surface area contributed by atoms with Gasteiger partial charge < -0.3 is 5.32 Å². The molecule has 1 N–H and O–H groups in total. The second-order valence-electron chi connectivity index (χ2n) is 7.65. The van der Waals surface area contributed by atoms with Gasteiger partial charge in [0.1, 0.15) is 11.4 Å². The Kier molecular flexibility index (Phi) is 6.32. The van der Waals surface area contributed by atoms with Crippen molar-refractivity contribution in [1.82, 2.24) is 19.7 Å². The molecule has 0 spiro atoms. The fourth-order valence-corrected chi connectivity index (χ4v) is 4.09. The lowest BCUT2D eigenvalue weighted by atomic mass is 10.1. The molecule has 0 aliphatic heterocycles. The number of hydrogen-bond donors (Lipinski definition) is 1. The summed E-state index contributed by atoms with van der Waals surface area (Å²) in [4.78, 5) is 33.6. The number of nitrogens with zero attached hydrogens (tertiary/aromatic N) is 4. The number of fused-ring (bicyclic) bond motifs is 1. The number of benzene rings is 2. The number of aromatic nitrogens is 4. The van der Waals surface area contributed by atoms with Crippen LogP contribution in [0.4, 0.5) is 5.69 Å². The second-order valence-corrected chi connectivity index (χ2v) is 8.98. The average molecular weight is 446 g/mol. The number of rotatable bonds is 7. The minimum atomic E-state index is -0.357. The molecular formula is C24H23N5O2S. The molecule has 0 saturated carbocycles. The van der Waals surface area contributed by atoms with Crippen molar-refractivity contribution in [3.8, 4) is 5.69 Å². The highest BCUT2D eigenvalue weighted by atomic mass is 32.2. The fraction of sp³-hybridized carbons (Fsp3) is 0.208. The van der Waals surface area contributed by atoms with Gasteiger partial charge in [0.25, 0.3) is 0 Å². The molecule has 2 aromatic carbocycles. The number of para-hydroxylation sites is 1. The lowest BCUT2D eigenvalue weighted by molar-refractivity contribution is -0.118. The van der Waals surface area contributed by atoms with Gasteiger partial charge in [-0.3, -0.25) is 9.59 Å². The summed E-state index contributed by atoms with van der Waals surface area (Å²) in [6.45, 7) is 5.52. The molecule has 1 unspecified atom stereocenters. The number of ketones is 1. The SMILES string of the molecule is CC(C)C(=O)Nc1ccc(C(=O)C(C)Sc2ncnc3c2cnn3-c2ccccc2)cc1. The Bertz CT molecular complexity index is 1250. The molecule has 4 aromatic rings. The maximum Gasteiger partial charge on any atom is 0.226 e. The molecule has 0 fully saturated rings. The largest absolute Gasteiger partial charge is 0.326 e. The number of amides is 1. The molecule has 0 aliphatic carbocycles. The van der Waals surface area contributed by atoms with Gasteiger partial charge in [0.05, 0.1) is 22.5 Å². The lowest BCUT2D eigenvalue weighted by Crippen LogP contribution is -2.18. The summed E-state index contributed by atoms with van der Waals surface area (Å²) in [5.41, 5.74) is 2.86. The Morgan fingerprint density at radius 2 is 1.69 bits per heavy atom. The highest BCUT2D eigenvalue weighted by Crippen LogP contribution is 2.30. The van der Waals surface area contributed by atoms with Crippen LogP contribution in [-0.4, -0.2) is 36.7 Å². The minimum absolute atomic E-state index is 0.0149. The molecule has 0 saturated heterocycles. The van der Waals surface area contributed by atoms with Crippen LogP contribution in [0.1, 0.15) is 31.1 Å². The average Bonchev–Trinajstić information content (AvgIpc) is 3.25. The van der Waals surface area contributed by atoms with Crippen molar-refractivity contribution in [3.05, 3.63) is 72.7 Å². The first-order valence-corrected chi connectivity index (χ1v) is 11.2. The maximum absolute atomic E-state index is 13.0. The summed E-state index contributed by atoms with van der Waals surface area (Å²) < 4.78 is 1.76. The van der Waals surface area contributed by atoms with Gasteiger partial charge in [-0.05, 0) is 43.3 Å². The van der Waals surface area contributed by atoms with Crippen molar-refractivity contribution < 1.29 is 9.59 Å². The molecule has 0 radical (unpaired) electrons. The van der Waals surface area contributed by atoms with E-state index >= 15 is 0 Å². The number of thioether (sulfide) groups is 1. The predicted octanol–water partition coefficient (Wildman–Crippen LogP) is 4.77. The first-order valence-electron chi connectivity index (χ1n) is 10.3. The smallest absolute Gasteiger partial charge is 0.226 e. The Hall–Kier alpha value is -3.52. The number of nitrogens with one attached hydrogen (secondary N) is 1. The van der Waals surface area contributed by atoms with E-state index in [1.165, 1.54) is 18.1 Å². The zero-order valence-corrected chi connectivity index (χ0v) is 18.8. The van der Waals surface area contributed by atoms with Gasteiger partial charge in [-0.15, -0.1) is 0 Å². The molecule has 1 atom stereocenters. The number of Topliss-reactive ketones (excluding diaryl/α,β-unsaturated/α-hetero) is 1. The van der Waals surface area contributed by atoms with E-state index in [9.17, 15) is 9.59 Å². The van der Waals surface area contributed by atoms with Crippen LogP contribution in [0.25, 0.3) is 16.7 Å². The van der Waals surface area contributed by atoms with Crippen molar-refractivity contribution in [2.75, 3.05) is 5.32 Å². The minimum Gasteiger partial charge on any atom is -0.326 e. The first-order chi connectivity index (χ1) is 15.4. The van der Waals surface area contributed by atoms with Crippen LogP contribution < -0.4 is 5.32 Å². The quantitative estimate of drug-likeness (QED) is 0.250. The number of anilines is 1. The normalized spacial score (nSPS) is 12.1. The summed E-state index contributed by atoms with van der Waals surface area (Å²) in [6, 6.07) is 16.7. The lowest BCUT2D eigenvalue weighted by Gasteiger charge is -2.12. The summed E-state index contributed by atoms with van der Waals surface area (Å²) in [5, 5.41) is 8.44. The van der Waals surface area contributed by atoms with Crippen molar-refractivity contribution in [1.29, 1.82) is 0 Å². The van der Waals surface area contributed by atoms with Crippen LogP contribution >= 0.6 is 11.8 Å². The standard InChI is InChI=1S/C24H23N5O2S/c1-15(2)23(31)28-18-11-9-17(10-12-18)21(30)16(3)32-24-20-13-27-29(22(20)25-14-26-24)19-7-5-4-6-8-19/h4-16H,1-3H3,(H,28,31). The van der Waals surface area contributed by atoms with Crippen LogP contribution in [0.5, 0.6) is 0 Å². The molecule has 0 bridgehead atoms. The molecule has 4 rings (SSSR count). The highest BCUT2D eigenvalue weighted by molar-refractivity contribution is 8.00. The van der Waals surface area contributed by atoms with Gasteiger partial charge in [0.15, 0.2) is 11.4 Å². The number of carbonyl (C=O) groups is 2. The van der Waals surface area contributed by atoms with Gasteiger partial charge in [0.2, 0.25) is 5.91 Å². The Labute approximate surface area is 190 Å². The Balaban J connectivity index is 1.51. The second kappa shape index (κ2) is 9.32. The highest BCUT2D eigenvalue weighted by Gasteiger charge is 2.20. The summed E-state index contributed by atoms with van der Waals surface area (Å²) in [5.74, 6) is -0.181. The van der Waals surface area contributed by atoms with E-state index in [0.29, 0.717) is 21.9 Å². The van der Waals surface area contributed by atoms with Crippen LogP contribution in [0.3, 0.4) is 0 Å². The molecule has 162 valence electrons. The summed E-state index contributed by atoms with van der Waals surface area (Å²) in [7, 11) is 0. The van der Waals surface area contributed by atoms with E-state index in [0.717, 1.165) is 11.1 Å². The summed E-state index contributed by atoms with van der Waals surface area (Å²) >= 11 is 1.38. The zero-order valence-electron chi connectivity index (χ0n) is 18.0. The van der Waals surface area contributed by atoms with Crippen LogP contribution in [0.15, 0.2) is 72.1 Å². The molecule has 2 aromatic heterocycles. The zero-order chi connectivity index (χ0) is 22.7. The van der Waals surface area contributed by atoms with Crippen molar-refractivity contribution in [3.63, 3.8) is 0 Å². The fourth-order valence-electron chi connectivity index (χ4n) is 3.13. The van der Waals surface area contributed by atoms with Gasteiger partial charge >= 0.3 is 0 Å². The number of hydrogen-bond acceptors (Lipinski definition) is 6. The van der Waals surface area contributed by atoms with Gasteiger partial charge in [0, 0.05) is 17.2 Å². The third-order valence-electron chi connectivity index (χ3n) is 4.95. The number of carbonyl (C=O) groups excluding carboxylic acids is 2. The van der Waals surface area contributed by atoms with Gasteiger partial charge in [-0.25, -0.2) is 14.6 Å². The van der Waals surface area contributed by atoms with E-state index in [2.05, 4.69) is 20.4 Å². The van der Waals surface area contributed by atoms with E-state index in [4.69, 9.17) is 0 Å². The third-order valence-corrected chi connectivity index (χ3v) is 6.07. The predicted molar refractivity (Wildman–Crippen MR) is 126 cm³/mol. The van der Waals surface area contributed by atoms with E-state index in [1.807, 2.05) is 51.1 Å². The molecule has 8 heteroatoms. The van der Waals surface area contributed by atoms with Crippen molar-refractivity contribution >= 4 is 40.2 Å². The Morgan fingerprint density at radius 3 is 2.38 bits per heavy atom. The topological polar surface area (TPSA) is 89.8 Å². The van der Waals surface area contributed by atoms with E-state index in [-0.39, 0.29) is 22.9 Å². The molecule has 0 aliphatic rings. The van der Waals surface area contributed by atoms with Crippen LogP contribution in [0.2, 0.25) is 0 Å². The van der Waals surface area contributed by atoms with E-state index in [1.54, 1.807) is 35.1 Å². The summed E-state index contributed by atoms with van der Waals surface area (Å²) in [6.07, 6.45) is 3.23. The van der Waals surface area contributed by atoms with E-state index < -0.39 is 0 Å². The molecule has 32 heavy (non-hydrogen) atoms.